The van der Waals surface area contributed by atoms with Crippen LogP contribution in [0, 0.1) is 18.8 Å². The zero-order valence-corrected chi connectivity index (χ0v) is 23.0. The molecule has 6 heteroatoms. The average molecular weight is 677 g/mol. The molecular formula is C31H21N4PtS-3. The minimum atomic E-state index is 0. The molecule has 0 unspecified atom stereocenters. The molecule has 0 spiro atoms. The molecule has 0 atom stereocenters. The van der Waals surface area contributed by atoms with Gasteiger partial charge in [0.1, 0.15) is 5.82 Å². The van der Waals surface area contributed by atoms with E-state index in [-0.39, 0.29) is 21.1 Å². The van der Waals surface area contributed by atoms with Crippen molar-refractivity contribution in [3.63, 3.8) is 0 Å². The predicted molar refractivity (Wildman–Crippen MR) is 148 cm³/mol. The maximum absolute atomic E-state index is 4.61. The van der Waals surface area contributed by atoms with Crippen LogP contribution in [0.5, 0.6) is 0 Å². The average Bonchev–Trinajstić information content (AvgIpc) is 3.44. The topological polar surface area (TPSA) is 24.3 Å². The summed E-state index contributed by atoms with van der Waals surface area (Å²) >= 11 is 1.68. The Kier molecular flexibility index (Phi) is 6.27. The van der Waals surface area contributed by atoms with Gasteiger partial charge in [0.05, 0.1) is 0 Å². The Morgan fingerprint density at radius 1 is 0.784 bits per heavy atom. The van der Waals surface area contributed by atoms with Crippen molar-refractivity contribution < 1.29 is 21.1 Å². The van der Waals surface area contributed by atoms with E-state index >= 15 is 0 Å². The van der Waals surface area contributed by atoms with Crippen LogP contribution in [0.2, 0.25) is 0 Å². The zero-order valence-electron chi connectivity index (χ0n) is 19.9. The van der Waals surface area contributed by atoms with Gasteiger partial charge in [0.25, 0.3) is 0 Å². The molecular weight excluding hydrogens is 656 g/mol. The monoisotopic (exact) mass is 676 g/mol. The first kappa shape index (κ1) is 23.8. The van der Waals surface area contributed by atoms with Crippen molar-refractivity contribution in [1.82, 2.24) is 9.55 Å². The van der Waals surface area contributed by atoms with Crippen molar-refractivity contribution >= 4 is 50.6 Å². The van der Waals surface area contributed by atoms with Gasteiger partial charge in [0, 0.05) is 44.2 Å². The van der Waals surface area contributed by atoms with E-state index in [4.69, 9.17) is 0 Å². The maximum atomic E-state index is 4.61. The van der Waals surface area contributed by atoms with Gasteiger partial charge >= 0.3 is 0 Å². The molecule has 3 heterocycles. The van der Waals surface area contributed by atoms with Crippen LogP contribution in [0.1, 0.15) is 0 Å². The second kappa shape index (κ2) is 9.74. The number of fused-ring (bicyclic) bond motifs is 4. The first-order valence-electron chi connectivity index (χ1n) is 11.8. The minimum absolute atomic E-state index is 0. The number of nitrogens with zero attached hydrogens (tertiary/aromatic N) is 4. The van der Waals surface area contributed by atoms with Crippen molar-refractivity contribution in [2.45, 2.75) is 9.79 Å². The summed E-state index contributed by atoms with van der Waals surface area (Å²) in [5, 5.41) is 2.40. The quantitative estimate of drug-likeness (QED) is 0.179. The molecule has 1 aliphatic rings. The Bertz CT molecular complexity index is 1730. The number of hydrogen-bond donors (Lipinski definition) is 0. The van der Waals surface area contributed by atoms with E-state index in [0.29, 0.717) is 0 Å². The van der Waals surface area contributed by atoms with Crippen molar-refractivity contribution in [3.8, 4) is 5.82 Å². The third-order valence-corrected chi connectivity index (χ3v) is 7.41. The van der Waals surface area contributed by atoms with Crippen LogP contribution in [0.15, 0.2) is 113 Å². The fourth-order valence-corrected chi connectivity index (χ4v) is 5.73. The first-order chi connectivity index (χ1) is 17.8. The van der Waals surface area contributed by atoms with Gasteiger partial charge in [-0.2, -0.15) is 30.9 Å². The van der Waals surface area contributed by atoms with Crippen molar-refractivity contribution in [2.75, 3.05) is 16.8 Å². The molecule has 4 nitrogen and oxygen atoms in total. The Hall–Kier alpha value is -3.53. The van der Waals surface area contributed by atoms with E-state index < -0.39 is 0 Å². The SMILES string of the molecule is CN1[CH-]N(c2[c-]c(Sc3[c-]cc4c(c3)c3ccccc3n4-c3ccccn3)ccc2)c2ccccc21.[Pt]. The smallest absolute Gasteiger partial charge is 0.126 e. The number of anilines is 3. The number of rotatable bonds is 4. The molecule has 0 saturated carbocycles. The molecule has 6 aromatic rings. The molecule has 0 bridgehead atoms. The Labute approximate surface area is 234 Å². The molecule has 1 aliphatic heterocycles. The van der Waals surface area contributed by atoms with E-state index in [2.05, 4.69) is 124 Å². The van der Waals surface area contributed by atoms with E-state index in [9.17, 15) is 0 Å². The van der Waals surface area contributed by atoms with Gasteiger partial charge in [-0.05, 0) is 42.8 Å². The van der Waals surface area contributed by atoms with Crippen LogP contribution in [-0.4, -0.2) is 16.6 Å². The van der Waals surface area contributed by atoms with Crippen molar-refractivity contribution in [1.29, 1.82) is 0 Å². The molecule has 2 aromatic heterocycles. The van der Waals surface area contributed by atoms with Crippen LogP contribution in [-0.2, 0) is 21.1 Å². The van der Waals surface area contributed by atoms with Crippen LogP contribution in [0.4, 0.5) is 17.1 Å². The van der Waals surface area contributed by atoms with Gasteiger partial charge in [-0.25, -0.2) is 4.98 Å². The second-order valence-corrected chi connectivity index (χ2v) is 9.81. The molecule has 0 radical (unpaired) electrons. The number of aromatic nitrogens is 2. The molecule has 37 heavy (non-hydrogen) atoms. The van der Waals surface area contributed by atoms with Crippen LogP contribution < -0.4 is 9.80 Å². The van der Waals surface area contributed by atoms with Gasteiger partial charge in [0.15, 0.2) is 0 Å². The predicted octanol–water partition coefficient (Wildman–Crippen LogP) is 7.63. The fourth-order valence-electron chi connectivity index (χ4n) is 4.89. The Morgan fingerprint density at radius 3 is 2.46 bits per heavy atom. The molecule has 4 aromatic carbocycles. The molecule has 0 amide bonds. The number of para-hydroxylation sites is 3. The zero-order chi connectivity index (χ0) is 24.1. The van der Waals surface area contributed by atoms with E-state index in [0.717, 1.165) is 38.0 Å². The minimum Gasteiger partial charge on any atom is -0.504 e. The summed E-state index contributed by atoms with van der Waals surface area (Å²) in [7, 11) is 2.07. The third-order valence-electron chi connectivity index (χ3n) is 6.50. The number of benzene rings is 4. The van der Waals surface area contributed by atoms with Gasteiger partial charge in [0.2, 0.25) is 0 Å². The Morgan fingerprint density at radius 2 is 1.59 bits per heavy atom. The summed E-state index contributed by atoms with van der Waals surface area (Å²) in [6.07, 6.45) is 1.83. The summed E-state index contributed by atoms with van der Waals surface area (Å²) in [6, 6.07) is 40.6. The summed E-state index contributed by atoms with van der Waals surface area (Å²) < 4.78 is 2.21. The summed E-state index contributed by atoms with van der Waals surface area (Å²) in [4.78, 5) is 11.0. The molecule has 0 saturated heterocycles. The van der Waals surface area contributed by atoms with E-state index in [1.807, 2.05) is 24.4 Å². The summed E-state index contributed by atoms with van der Waals surface area (Å²) in [5.41, 5.74) is 5.61. The van der Waals surface area contributed by atoms with Crippen molar-refractivity contribution in [2.24, 2.45) is 0 Å². The molecule has 7 rings (SSSR count). The first-order valence-corrected chi connectivity index (χ1v) is 12.6. The van der Waals surface area contributed by atoms with Gasteiger partial charge in [-0.3, -0.25) is 0 Å². The Balaban J connectivity index is 0.00000252. The fraction of sp³-hybridized carbons (Fsp3) is 0.0323. The van der Waals surface area contributed by atoms with Crippen LogP contribution >= 0.6 is 11.8 Å². The maximum Gasteiger partial charge on any atom is 0.126 e. The molecule has 0 N–H and O–H groups in total. The molecule has 184 valence electrons. The van der Waals surface area contributed by atoms with E-state index in [1.54, 1.807) is 11.8 Å². The normalized spacial score (nSPS) is 12.7. The van der Waals surface area contributed by atoms with Crippen LogP contribution in [0.3, 0.4) is 0 Å². The molecule has 0 fully saturated rings. The second-order valence-electron chi connectivity index (χ2n) is 8.72. The van der Waals surface area contributed by atoms with Gasteiger partial charge in [-0.1, -0.05) is 41.9 Å². The summed E-state index contributed by atoms with van der Waals surface area (Å²) in [6.45, 7) is 2.11. The third kappa shape index (κ3) is 4.13. The summed E-state index contributed by atoms with van der Waals surface area (Å²) in [5.74, 6) is 0.908. The number of pyridine rings is 1. The van der Waals surface area contributed by atoms with Gasteiger partial charge < -0.3 is 14.4 Å². The van der Waals surface area contributed by atoms with Crippen molar-refractivity contribution in [3.05, 3.63) is 122 Å². The van der Waals surface area contributed by atoms with Gasteiger partial charge in [-0.15, -0.1) is 50.8 Å². The van der Waals surface area contributed by atoms with Crippen LogP contribution in [0.25, 0.3) is 27.6 Å². The van der Waals surface area contributed by atoms with E-state index in [1.165, 1.54) is 16.5 Å². The standard InChI is InChI=1S/C31H21N4S.Pt/c1-33-21-34(30-14-5-4-13-29(30)33)22-9-8-10-23(19-22)36-24-16-17-28-26(20-24)25-11-2-3-12-27(25)35(28)31-15-6-7-18-32-31;/h2-15,17-18,20-21H,1H3;/q-3;. The molecule has 0 aliphatic carbocycles. The number of hydrogen-bond acceptors (Lipinski definition) is 4. The largest absolute Gasteiger partial charge is 0.504 e.